The number of hydrogen-bond donors (Lipinski definition) is 1. The van der Waals surface area contributed by atoms with Gasteiger partial charge in [-0.1, -0.05) is 30.3 Å². The van der Waals surface area contributed by atoms with Gasteiger partial charge in [0.15, 0.2) is 0 Å². The van der Waals surface area contributed by atoms with E-state index in [0.717, 1.165) is 36.9 Å². The van der Waals surface area contributed by atoms with Gasteiger partial charge < -0.3 is 10.1 Å². The monoisotopic (exact) mass is 377 g/mol. The van der Waals surface area contributed by atoms with Crippen molar-refractivity contribution in [3.05, 3.63) is 60.7 Å². The minimum Gasteiger partial charge on any atom is -0.473 e. The van der Waals surface area contributed by atoms with Gasteiger partial charge in [-0.25, -0.2) is 4.98 Å². The SMILES string of the molecule is Cn1nc(-c2ccccc2)cc1C(=O)NC1CCC(Oc2cnccn2)CC1. The molecule has 1 fully saturated rings. The van der Waals surface area contributed by atoms with Crippen LogP contribution in [0.5, 0.6) is 5.88 Å². The molecule has 0 bridgehead atoms. The molecule has 1 aliphatic carbocycles. The molecule has 0 spiro atoms. The molecule has 0 radical (unpaired) electrons. The number of benzene rings is 1. The van der Waals surface area contributed by atoms with E-state index in [1.54, 1.807) is 30.3 Å². The van der Waals surface area contributed by atoms with Crippen LogP contribution in [0.15, 0.2) is 55.0 Å². The minimum atomic E-state index is -0.0875. The van der Waals surface area contributed by atoms with Crippen molar-refractivity contribution in [2.75, 3.05) is 0 Å². The van der Waals surface area contributed by atoms with Crippen LogP contribution >= 0.6 is 0 Å². The van der Waals surface area contributed by atoms with E-state index in [-0.39, 0.29) is 18.1 Å². The lowest BCUT2D eigenvalue weighted by atomic mass is 9.93. The number of aryl methyl sites for hydroxylation is 1. The zero-order valence-electron chi connectivity index (χ0n) is 15.8. The first kappa shape index (κ1) is 18.2. The number of amides is 1. The van der Waals surface area contributed by atoms with Crippen molar-refractivity contribution in [3.8, 4) is 17.1 Å². The highest BCUT2D eigenvalue weighted by molar-refractivity contribution is 5.93. The van der Waals surface area contributed by atoms with Gasteiger partial charge in [0.1, 0.15) is 11.8 Å². The van der Waals surface area contributed by atoms with Crippen molar-refractivity contribution in [3.63, 3.8) is 0 Å². The van der Waals surface area contributed by atoms with Gasteiger partial charge in [0.05, 0.1) is 11.9 Å². The molecule has 28 heavy (non-hydrogen) atoms. The molecule has 2 aromatic heterocycles. The largest absolute Gasteiger partial charge is 0.473 e. The van der Waals surface area contributed by atoms with Crippen LogP contribution in [0.4, 0.5) is 0 Å². The van der Waals surface area contributed by atoms with Crippen LogP contribution in [-0.2, 0) is 7.05 Å². The molecule has 2 heterocycles. The summed E-state index contributed by atoms with van der Waals surface area (Å²) in [6.07, 6.45) is 8.50. The zero-order valence-corrected chi connectivity index (χ0v) is 15.8. The average Bonchev–Trinajstić information content (AvgIpc) is 3.13. The molecule has 7 heteroatoms. The lowest BCUT2D eigenvalue weighted by Gasteiger charge is -2.29. The van der Waals surface area contributed by atoms with Crippen LogP contribution in [0, 0.1) is 0 Å². The molecule has 0 saturated heterocycles. The van der Waals surface area contributed by atoms with E-state index in [1.165, 1.54) is 0 Å². The van der Waals surface area contributed by atoms with Crippen molar-refractivity contribution < 1.29 is 9.53 Å². The third kappa shape index (κ3) is 4.19. The van der Waals surface area contributed by atoms with Crippen LogP contribution in [0.3, 0.4) is 0 Å². The van der Waals surface area contributed by atoms with Gasteiger partial charge >= 0.3 is 0 Å². The van der Waals surface area contributed by atoms with Gasteiger partial charge in [-0.15, -0.1) is 0 Å². The maximum Gasteiger partial charge on any atom is 0.269 e. The minimum absolute atomic E-state index is 0.0875. The van der Waals surface area contributed by atoms with Gasteiger partial charge in [-0.2, -0.15) is 5.10 Å². The molecule has 1 amide bonds. The second kappa shape index (κ2) is 8.21. The summed E-state index contributed by atoms with van der Waals surface area (Å²) >= 11 is 0. The summed E-state index contributed by atoms with van der Waals surface area (Å²) in [6, 6.07) is 11.9. The number of hydrogen-bond acceptors (Lipinski definition) is 5. The Hall–Kier alpha value is -3.22. The Morgan fingerprint density at radius 3 is 2.64 bits per heavy atom. The standard InChI is InChI=1S/C21H23N5O2/c1-26-19(13-18(25-26)15-5-3-2-4-6-15)21(27)24-16-7-9-17(10-8-16)28-20-14-22-11-12-23-20/h2-6,11-14,16-17H,7-10H2,1H3,(H,24,27). The Balaban J connectivity index is 1.33. The van der Waals surface area contributed by atoms with Crippen LogP contribution in [-0.4, -0.2) is 37.8 Å². The highest BCUT2D eigenvalue weighted by Gasteiger charge is 2.25. The predicted octanol–water partition coefficient (Wildman–Crippen LogP) is 3.00. The molecular formula is C21H23N5O2. The van der Waals surface area contributed by atoms with Gasteiger partial charge in [-0.3, -0.25) is 14.5 Å². The van der Waals surface area contributed by atoms with Gasteiger partial charge in [0.25, 0.3) is 5.91 Å². The molecule has 0 unspecified atom stereocenters. The zero-order chi connectivity index (χ0) is 19.3. The number of nitrogens with zero attached hydrogens (tertiary/aromatic N) is 4. The van der Waals surface area contributed by atoms with E-state index >= 15 is 0 Å². The molecule has 1 aliphatic rings. The number of carbonyl (C=O) groups excluding carboxylic acids is 1. The number of rotatable bonds is 5. The highest BCUT2D eigenvalue weighted by Crippen LogP contribution is 2.23. The van der Waals surface area contributed by atoms with Crippen molar-refractivity contribution in [1.29, 1.82) is 0 Å². The fourth-order valence-electron chi connectivity index (χ4n) is 3.53. The normalized spacial score (nSPS) is 19.2. The van der Waals surface area contributed by atoms with E-state index in [1.807, 2.05) is 36.4 Å². The van der Waals surface area contributed by atoms with Crippen molar-refractivity contribution >= 4 is 5.91 Å². The Labute approximate surface area is 163 Å². The Bertz CT molecular complexity index is 918. The number of ether oxygens (including phenoxy) is 1. The van der Waals surface area contributed by atoms with Gasteiger partial charge in [0, 0.05) is 31.0 Å². The van der Waals surface area contributed by atoms with E-state index < -0.39 is 0 Å². The van der Waals surface area contributed by atoms with Gasteiger partial charge in [-0.05, 0) is 31.7 Å². The van der Waals surface area contributed by atoms with Crippen LogP contribution < -0.4 is 10.1 Å². The van der Waals surface area contributed by atoms with E-state index in [0.29, 0.717) is 11.6 Å². The molecule has 1 saturated carbocycles. The summed E-state index contributed by atoms with van der Waals surface area (Å²) in [6.45, 7) is 0. The molecule has 1 N–H and O–H groups in total. The number of aromatic nitrogens is 4. The van der Waals surface area contributed by atoms with Crippen LogP contribution in [0.25, 0.3) is 11.3 Å². The third-order valence-corrected chi connectivity index (χ3v) is 5.02. The summed E-state index contributed by atoms with van der Waals surface area (Å²) in [5.41, 5.74) is 2.37. The van der Waals surface area contributed by atoms with Crippen molar-refractivity contribution in [1.82, 2.24) is 25.1 Å². The highest BCUT2D eigenvalue weighted by atomic mass is 16.5. The molecule has 0 aliphatic heterocycles. The molecule has 4 rings (SSSR count). The van der Waals surface area contributed by atoms with E-state index in [9.17, 15) is 4.79 Å². The molecular weight excluding hydrogens is 354 g/mol. The lowest BCUT2D eigenvalue weighted by molar-refractivity contribution is 0.0880. The van der Waals surface area contributed by atoms with E-state index in [4.69, 9.17) is 4.74 Å². The first-order valence-electron chi connectivity index (χ1n) is 9.52. The molecule has 144 valence electrons. The topological polar surface area (TPSA) is 81.9 Å². The summed E-state index contributed by atoms with van der Waals surface area (Å²) in [7, 11) is 1.80. The first-order valence-corrected chi connectivity index (χ1v) is 9.52. The summed E-state index contributed by atoms with van der Waals surface area (Å²) in [4.78, 5) is 20.9. The lowest BCUT2D eigenvalue weighted by Crippen LogP contribution is -2.40. The second-order valence-corrected chi connectivity index (χ2v) is 7.01. The van der Waals surface area contributed by atoms with Gasteiger partial charge in [0.2, 0.25) is 5.88 Å². The summed E-state index contributed by atoms with van der Waals surface area (Å²) < 4.78 is 7.50. The first-order chi connectivity index (χ1) is 13.7. The number of carbonyl (C=O) groups is 1. The van der Waals surface area contributed by atoms with Crippen LogP contribution in [0.2, 0.25) is 0 Å². The Morgan fingerprint density at radius 1 is 1.14 bits per heavy atom. The molecule has 3 aromatic rings. The fraction of sp³-hybridized carbons (Fsp3) is 0.333. The second-order valence-electron chi connectivity index (χ2n) is 7.01. The van der Waals surface area contributed by atoms with E-state index in [2.05, 4.69) is 20.4 Å². The summed E-state index contributed by atoms with van der Waals surface area (Å²) in [5, 5.41) is 7.62. The maximum absolute atomic E-state index is 12.7. The summed E-state index contributed by atoms with van der Waals surface area (Å²) in [5.74, 6) is 0.466. The number of nitrogens with one attached hydrogen (secondary N) is 1. The third-order valence-electron chi connectivity index (χ3n) is 5.02. The smallest absolute Gasteiger partial charge is 0.269 e. The van der Waals surface area contributed by atoms with Crippen molar-refractivity contribution in [2.24, 2.45) is 7.05 Å². The molecule has 7 nitrogen and oxygen atoms in total. The quantitative estimate of drug-likeness (QED) is 0.739. The predicted molar refractivity (Wildman–Crippen MR) is 105 cm³/mol. The van der Waals surface area contributed by atoms with Crippen LogP contribution in [0.1, 0.15) is 36.2 Å². The Kier molecular flexibility index (Phi) is 5.32. The van der Waals surface area contributed by atoms with Crippen molar-refractivity contribution in [2.45, 2.75) is 37.8 Å². The molecule has 1 aromatic carbocycles. The average molecular weight is 377 g/mol. The fourth-order valence-corrected chi connectivity index (χ4v) is 3.53. The molecule has 0 atom stereocenters. The Morgan fingerprint density at radius 2 is 1.93 bits per heavy atom. The maximum atomic E-state index is 12.7.